The third-order valence-electron chi connectivity index (χ3n) is 8.37. The van der Waals surface area contributed by atoms with Crippen LogP contribution < -0.4 is 38.9 Å². The van der Waals surface area contributed by atoms with Gasteiger partial charge in [-0.05, 0) is 45.9 Å². The third kappa shape index (κ3) is 8.19. The lowest BCUT2D eigenvalue weighted by Gasteiger charge is -2.51. The molecule has 0 aromatic rings. The summed E-state index contributed by atoms with van der Waals surface area (Å²) < 4.78 is 17.9. The van der Waals surface area contributed by atoms with Crippen LogP contribution in [-0.4, -0.2) is 143 Å². The highest BCUT2D eigenvalue weighted by atomic mass is 16.7. The molecule has 2 unspecified atom stereocenters. The molecule has 3 aliphatic rings. The van der Waals surface area contributed by atoms with Gasteiger partial charge >= 0.3 is 0 Å². The molecule has 2 heterocycles. The molecule has 0 aromatic carbocycles. The largest absolute Gasteiger partial charge is 0.491 e. The van der Waals surface area contributed by atoms with Crippen molar-refractivity contribution in [3.05, 3.63) is 11.8 Å². The average molecular weight is 620 g/mol. The van der Waals surface area contributed by atoms with Crippen molar-refractivity contribution in [2.24, 2.45) is 28.9 Å². The van der Waals surface area contributed by atoms with Crippen LogP contribution in [0.3, 0.4) is 0 Å². The van der Waals surface area contributed by atoms with E-state index in [2.05, 4.69) is 16.0 Å². The van der Waals surface area contributed by atoms with Crippen LogP contribution in [0, 0.1) is 5.92 Å². The van der Waals surface area contributed by atoms with Gasteiger partial charge in [0.15, 0.2) is 6.29 Å². The molecule has 0 aromatic heterocycles. The zero-order chi connectivity index (χ0) is 32.1. The summed E-state index contributed by atoms with van der Waals surface area (Å²) in [5, 5.41) is 61.9. The van der Waals surface area contributed by atoms with Crippen LogP contribution in [0.25, 0.3) is 0 Å². The van der Waals surface area contributed by atoms with Gasteiger partial charge in [0.2, 0.25) is 5.91 Å². The Balaban J connectivity index is 1.94. The smallest absolute Gasteiger partial charge is 0.250 e. The molecule has 17 heteroatoms. The highest BCUT2D eigenvalue weighted by Crippen LogP contribution is 2.37. The number of carbonyl (C=O) groups is 2. The van der Waals surface area contributed by atoms with Gasteiger partial charge in [-0.1, -0.05) is 0 Å². The number of nitrogens with two attached hydrogens (primary N) is 4. The molecule has 43 heavy (non-hydrogen) atoms. The van der Waals surface area contributed by atoms with Gasteiger partial charge in [0.05, 0.1) is 37.4 Å². The molecule has 0 bridgehead atoms. The third-order valence-corrected chi connectivity index (χ3v) is 8.37. The number of nitrogens with one attached hydrogen (secondary N) is 3. The number of ether oxygens (including phenoxy) is 3. The van der Waals surface area contributed by atoms with Crippen LogP contribution in [0.4, 0.5) is 0 Å². The van der Waals surface area contributed by atoms with Crippen molar-refractivity contribution in [1.29, 1.82) is 0 Å². The Hall–Kier alpha value is -2.00. The summed E-state index contributed by atoms with van der Waals surface area (Å²) in [7, 11) is 1.55. The Kier molecular flexibility index (Phi) is 12.6. The van der Waals surface area contributed by atoms with E-state index in [4.69, 9.17) is 37.1 Å². The van der Waals surface area contributed by atoms with Gasteiger partial charge in [-0.15, -0.1) is 0 Å². The van der Waals surface area contributed by atoms with Gasteiger partial charge in [-0.3, -0.25) is 9.59 Å². The predicted octanol–water partition coefficient (Wildman–Crippen LogP) is -6.23. The monoisotopic (exact) mass is 619 g/mol. The molecule has 2 fully saturated rings. The van der Waals surface area contributed by atoms with Gasteiger partial charge in [-0.25, -0.2) is 0 Å². The molecule has 13 atom stereocenters. The highest BCUT2D eigenvalue weighted by molar-refractivity contribution is 5.81. The standard InChI is InChI=1S/C26H49N7O10/c1-26(40)10-41-25(19(37)22(26)31-2)43-21-14(33-23(38)15(34)5-6-27)7-12(30)17(18(21)36)20-13(4-3-11(8-28)42-20)32-24(39)16(35)9-29/h3,12-22,25,31,34-37,40H,4-10,27-30H2,1-2H3,(H,32,39)(H,33,38)/t12-,13+,14+,15-,16?,17?,18-,19+,20-,21-,22+,25+,26-/m0/s1. The molecule has 17 nitrogen and oxygen atoms in total. The summed E-state index contributed by atoms with van der Waals surface area (Å²) in [4.78, 5) is 25.3. The second kappa shape index (κ2) is 15.3. The van der Waals surface area contributed by atoms with Crippen molar-refractivity contribution in [2.75, 3.05) is 33.3 Å². The van der Waals surface area contributed by atoms with E-state index < -0.39 is 90.4 Å². The maximum Gasteiger partial charge on any atom is 0.250 e. The number of amides is 2. The van der Waals surface area contributed by atoms with Crippen LogP contribution in [0.2, 0.25) is 0 Å². The number of carbonyl (C=O) groups excluding carboxylic acids is 2. The molecule has 1 saturated carbocycles. The first-order valence-electron chi connectivity index (χ1n) is 14.5. The first kappa shape index (κ1) is 35.5. The van der Waals surface area contributed by atoms with E-state index in [0.717, 1.165) is 0 Å². The van der Waals surface area contributed by atoms with Crippen molar-refractivity contribution < 1.29 is 49.3 Å². The van der Waals surface area contributed by atoms with Gasteiger partial charge < -0.3 is 78.6 Å². The van der Waals surface area contributed by atoms with Crippen molar-refractivity contribution in [3.8, 4) is 0 Å². The van der Waals surface area contributed by atoms with Crippen molar-refractivity contribution in [1.82, 2.24) is 16.0 Å². The minimum atomic E-state index is -1.48. The van der Waals surface area contributed by atoms with Crippen molar-refractivity contribution in [3.63, 3.8) is 0 Å². The van der Waals surface area contributed by atoms with Crippen LogP contribution in [-0.2, 0) is 23.8 Å². The summed E-state index contributed by atoms with van der Waals surface area (Å²) in [6.45, 7) is 1.05. The molecular formula is C26H49N7O10. The fourth-order valence-electron chi connectivity index (χ4n) is 6.04. The quantitative estimate of drug-likeness (QED) is 0.0967. The van der Waals surface area contributed by atoms with Gasteiger partial charge in [-0.2, -0.15) is 0 Å². The zero-order valence-electron chi connectivity index (χ0n) is 24.5. The van der Waals surface area contributed by atoms with E-state index in [1.54, 1.807) is 13.1 Å². The molecular weight excluding hydrogens is 570 g/mol. The zero-order valence-corrected chi connectivity index (χ0v) is 24.5. The fraction of sp³-hybridized carbons (Fsp3) is 0.846. The van der Waals surface area contributed by atoms with Crippen molar-refractivity contribution in [2.45, 2.75) is 98.9 Å². The predicted molar refractivity (Wildman–Crippen MR) is 151 cm³/mol. The Bertz CT molecular complexity index is 975. The fourth-order valence-corrected chi connectivity index (χ4v) is 6.04. The highest BCUT2D eigenvalue weighted by Gasteiger charge is 2.54. The molecule has 1 saturated heterocycles. The summed E-state index contributed by atoms with van der Waals surface area (Å²) in [6.07, 6.45) is -7.38. The van der Waals surface area contributed by atoms with E-state index >= 15 is 0 Å². The van der Waals surface area contributed by atoms with E-state index in [9.17, 15) is 35.1 Å². The topological polar surface area (TPSA) is 303 Å². The minimum absolute atomic E-state index is 0.00909. The molecule has 1 aliphatic carbocycles. The SMILES string of the molecule is CN[C@@H]1[C@@H](O)[C@@H](O[C@H]2[C@H](NC(=O)[C@@H](O)CCN)C[C@H](N)C([C@H]3OC(CN)=CC[C@H]3NC(=O)C(O)CN)[C@@H]2O)OC[C@]1(C)O. The molecule has 3 rings (SSSR count). The van der Waals surface area contributed by atoms with Crippen LogP contribution >= 0.6 is 0 Å². The molecule has 0 spiro atoms. The number of rotatable bonds is 12. The normalized spacial score (nSPS) is 39.7. The number of aliphatic hydroxyl groups is 5. The Morgan fingerprint density at radius 2 is 1.77 bits per heavy atom. The molecule has 248 valence electrons. The Labute approximate surface area is 250 Å². The van der Waals surface area contributed by atoms with Gasteiger partial charge in [0.1, 0.15) is 41.9 Å². The number of hydrogen-bond donors (Lipinski definition) is 12. The minimum Gasteiger partial charge on any atom is -0.491 e. The lowest BCUT2D eigenvalue weighted by molar-refractivity contribution is -0.297. The average Bonchev–Trinajstić information content (AvgIpc) is 2.96. The van der Waals surface area contributed by atoms with E-state index in [0.29, 0.717) is 5.76 Å². The maximum atomic E-state index is 12.8. The summed E-state index contributed by atoms with van der Waals surface area (Å²) in [6, 6.07) is -3.42. The first-order valence-corrected chi connectivity index (χ1v) is 14.5. The van der Waals surface area contributed by atoms with Crippen LogP contribution in [0.15, 0.2) is 11.8 Å². The second-order valence-corrected chi connectivity index (χ2v) is 11.6. The summed E-state index contributed by atoms with van der Waals surface area (Å²) >= 11 is 0. The summed E-state index contributed by atoms with van der Waals surface area (Å²) in [5.41, 5.74) is 21.9. The molecule has 0 radical (unpaired) electrons. The van der Waals surface area contributed by atoms with Crippen molar-refractivity contribution >= 4 is 11.8 Å². The first-order chi connectivity index (χ1) is 20.3. The van der Waals surface area contributed by atoms with Gasteiger partial charge in [0.25, 0.3) is 5.91 Å². The van der Waals surface area contributed by atoms with E-state index in [-0.39, 0.29) is 45.5 Å². The lowest BCUT2D eigenvalue weighted by atomic mass is 9.72. The van der Waals surface area contributed by atoms with Gasteiger partial charge in [0, 0.05) is 18.5 Å². The van der Waals surface area contributed by atoms with E-state index in [1.807, 2.05) is 0 Å². The molecule has 16 N–H and O–H groups in total. The maximum absolute atomic E-state index is 12.8. The lowest BCUT2D eigenvalue weighted by Crippen LogP contribution is -2.70. The Morgan fingerprint density at radius 1 is 1.12 bits per heavy atom. The summed E-state index contributed by atoms with van der Waals surface area (Å²) in [5.74, 6) is -2.02. The van der Waals surface area contributed by atoms with Crippen LogP contribution in [0.5, 0.6) is 0 Å². The number of hydrogen-bond acceptors (Lipinski definition) is 15. The number of aliphatic hydroxyl groups excluding tert-OH is 4. The number of likely N-dealkylation sites (N-methyl/N-ethyl adjacent to an activating group) is 1. The molecule has 2 amide bonds. The second-order valence-electron chi connectivity index (χ2n) is 11.6. The Morgan fingerprint density at radius 3 is 2.37 bits per heavy atom. The van der Waals surface area contributed by atoms with Crippen LogP contribution in [0.1, 0.15) is 26.2 Å². The van der Waals surface area contributed by atoms with E-state index in [1.165, 1.54) is 6.92 Å². The molecule has 2 aliphatic heterocycles.